The monoisotopic (exact) mass is 342 g/mol. The number of halogens is 3. The van der Waals surface area contributed by atoms with Gasteiger partial charge in [0.1, 0.15) is 12.3 Å². The zero-order valence-electron chi connectivity index (χ0n) is 13.6. The Morgan fingerprint density at radius 1 is 1.38 bits per heavy atom. The summed E-state index contributed by atoms with van der Waals surface area (Å²) in [5.41, 5.74) is 2.35. The second-order valence-corrected chi connectivity index (χ2v) is 6.45. The second-order valence-electron chi connectivity index (χ2n) is 6.45. The van der Waals surface area contributed by atoms with Crippen molar-refractivity contribution in [3.05, 3.63) is 29.3 Å². The van der Waals surface area contributed by atoms with Crippen LogP contribution < -0.4 is 4.74 Å². The van der Waals surface area contributed by atoms with Crippen LogP contribution in [0.1, 0.15) is 17.5 Å². The topological polar surface area (TPSA) is 32.8 Å². The van der Waals surface area contributed by atoms with Gasteiger partial charge in [0.2, 0.25) is 5.91 Å². The minimum atomic E-state index is -4.34. The van der Waals surface area contributed by atoms with Gasteiger partial charge >= 0.3 is 6.18 Å². The molecule has 0 spiro atoms. The highest BCUT2D eigenvalue weighted by atomic mass is 19.4. The molecular formula is C17H21F3N2O2. The summed E-state index contributed by atoms with van der Waals surface area (Å²) in [4.78, 5) is 14.9. The number of hydrogen-bond donors (Lipinski definition) is 0. The Labute approximate surface area is 139 Å². The Hall–Kier alpha value is -1.76. The molecule has 0 aliphatic carbocycles. The van der Waals surface area contributed by atoms with Gasteiger partial charge in [0.15, 0.2) is 0 Å². The van der Waals surface area contributed by atoms with Crippen LogP contribution >= 0.6 is 0 Å². The first-order valence-electron chi connectivity index (χ1n) is 8.14. The molecule has 4 nitrogen and oxygen atoms in total. The lowest BCUT2D eigenvalue weighted by molar-refractivity contribution is -0.158. The fourth-order valence-electron chi connectivity index (χ4n) is 3.36. The van der Waals surface area contributed by atoms with Gasteiger partial charge in [-0.3, -0.25) is 9.69 Å². The summed E-state index contributed by atoms with van der Waals surface area (Å²) in [5, 5.41) is 0. The minimum absolute atomic E-state index is 0.170. The lowest BCUT2D eigenvalue weighted by Crippen LogP contribution is -2.43. The average Bonchev–Trinajstić information content (AvgIpc) is 3.10. The summed E-state index contributed by atoms with van der Waals surface area (Å²) < 4.78 is 42.9. The van der Waals surface area contributed by atoms with Crippen molar-refractivity contribution in [2.75, 3.05) is 33.3 Å². The molecule has 3 rings (SSSR count). The maximum atomic E-state index is 12.5. The van der Waals surface area contributed by atoms with E-state index in [1.807, 2.05) is 17.0 Å². The first-order chi connectivity index (χ1) is 11.3. The third-order valence-electron chi connectivity index (χ3n) is 4.68. The molecule has 2 heterocycles. The summed E-state index contributed by atoms with van der Waals surface area (Å²) in [7, 11) is 1.80. The number of nitrogens with zero attached hydrogens (tertiary/aromatic N) is 2. The molecule has 1 amide bonds. The van der Waals surface area contributed by atoms with E-state index in [4.69, 9.17) is 4.74 Å². The summed E-state index contributed by atoms with van der Waals surface area (Å²) >= 11 is 0. The summed E-state index contributed by atoms with van der Waals surface area (Å²) in [6.45, 7) is 0.366. The molecule has 0 aromatic heterocycles. The van der Waals surface area contributed by atoms with Crippen molar-refractivity contribution in [2.45, 2.75) is 31.5 Å². The third-order valence-corrected chi connectivity index (χ3v) is 4.68. The predicted octanol–water partition coefficient (Wildman–Crippen LogP) is 2.26. The quantitative estimate of drug-likeness (QED) is 0.823. The number of likely N-dealkylation sites (N-methyl/N-ethyl adjacent to an activating group) is 1. The molecule has 0 bridgehead atoms. The van der Waals surface area contributed by atoms with Crippen LogP contribution in [0.25, 0.3) is 0 Å². The molecule has 0 saturated carbocycles. The van der Waals surface area contributed by atoms with Gasteiger partial charge in [0.25, 0.3) is 0 Å². The van der Waals surface area contributed by atoms with E-state index in [1.54, 1.807) is 7.05 Å². The van der Waals surface area contributed by atoms with E-state index in [2.05, 4.69) is 6.07 Å². The van der Waals surface area contributed by atoms with Gasteiger partial charge in [-0.25, -0.2) is 0 Å². The summed E-state index contributed by atoms with van der Waals surface area (Å²) in [5.74, 6) is 0.512. The standard InChI is InChI=1S/C17H21F3N2O2/c1-21(14-5-8-22(16(14)23)11-17(18,19)20)7-4-12-2-3-15-13(10-12)6-9-24-15/h2-3,10,14H,4-9,11H2,1H3/t14-/m0/s1. The van der Waals surface area contributed by atoms with Crippen molar-refractivity contribution < 1.29 is 22.7 Å². The summed E-state index contributed by atoms with van der Waals surface area (Å²) in [6, 6.07) is 5.63. The van der Waals surface area contributed by atoms with E-state index in [-0.39, 0.29) is 6.54 Å². The lowest BCUT2D eigenvalue weighted by atomic mass is 10.1. The van der Waals surface area contributed by atoms with E-state index >= 15 is 0 Å². The van der Waals surface area contributed by atoms with E-state index in [1.165, 1.54) is 5.56 Å². The number of rotatable bonds is 5. The van der Waals surface area contributed by atoms with Gasteiger partial charge in [-0.05, 0) is 37.1 Å². The first kappa shape index (κ1) is 17.1. The number of likely N-dealkylation sites (tertiary alicyclic amines) is 1. The molecule has 0 unspecified atom stereocenters. The molecule has 24 heavy (non-hydrogen) atoms. The number of fused-ring (bicyclic) bond motifs is 1. The largest absolute Gasteiger partial charge is 0.493 e. The number of hydrogen-bond acceptors (Lipinski definition) is 3. The fraction of sp³-hybridized carbons (Fsp3) is 0.588. The van der Waals surface area contributed by atoms with Gasteiger partial charge in [-0.2, -0.15) is 13.2 Å². The Morgan fingerprint density at radius 3 is 2.92 bits per heavy atom. The Kier molecular flexibility index (Phi) is 4.71. The number of carbonyl (C=O) groups is 1. The number of amides is 1. The molecule has 1 aromatic rings. The fourth-order valence-corrected chi connectivity index (χ4v) is 3.36. The maximum absolute atomic E-state index is 12.5. The second kappa shape index (κ2) is 6.63. The zero-order chi connectivity index (χ0) is 17.3. The smallest absolute Gasteiger partial charge is 0.406 e. The van der Waals surface area contributed by atoms with Crippen LogP contribution in [0, 0.1) is 0 Å². The average molecular weight is 342 g/mol. The third kappa shape index (κ3) is 3.83. The Morgan fingerprint density at radius 2 is 2.17 bits per heavy atom. The molecule has 0 N–H and O–H groups in total. The van der Waals surface area contributed by atoms with Crippen LogP contribution in [0.5, 0.6) is 5.75 Å². The van der Waals surface area contributed by atoms with E-state index < -0.39 is 24.7 Å². The van der Waals surface area contributed by atoms with Crippen molar-refractivity contribution in [1.29, 1.82) is 0 Å². The van der Waals surface area contributed by atoms with Crippen LogP contribution in [0.3, 0.4) is 0 Å². The van der Waals surface area contributed by atoms with Crippen molar-refractivity contribution in [1.82, 2.24) is 9.80 Å². The number of benzene rings is 1. The van der Waals surface area contributed by atoms with E-state index in [9.17, 15) is 18.0 Å². The molecule has 1 aromatic carbocycles. The highest BCUT2D eigenvalue weighted by Gasteiger charge is 2.40. The maximum Gasteiger partial charge on any atom is 0.406 e. The molecule has 1 atom stereocenters. The zero-order valence-corrected chi connectivity index (χ0v) is 13.6. The van der Waals surface area contributed by atoms with Crippen LogP contribution in [-0.4, -0.2) is 61.2 Å². The van der Waals surface area contributed by atoms with E-state index in [0.29, 0.717) is 19.6 Å². The normalized spacial score (nSPS) is 20.6. The van der Waals surface area contributed by atoms with Crippen LogP contribution in [0.4, 0.5) is 13.2 Å². The van der Waals surface area contributed by atoms with E-state index in [0.717, 1.165) is 29.1 Å². The van der Waals surface area contributed by atoms with Crippen molar-refractivity contribution >= 4 is 5.91 Å². The van der Waals surface area contributed by atoms with Gasteiger partial charge in [-0.15, -0.1) is 0 Å². The highest BCUT2D eigenvalue weighted by molar-refractivity contribution is 5.84. The van der Waals surface area contributed by atoms with Crippen LogP contribution in [0.2, 0.25) is 0 Å². The molecule has 7 heteroatoms. The molecule has 0 radical (unpaired) electrons. The predicted molar refractivity (Wildman–Crippen MR) is 83.0 cm³/mol. The van der Waals surface area contributed by atoms with Gasteiger partial charge in [0, 0.05) is 19.5 Å². The Balaban J connectivity index is 1.54. The number of alkyl halides is 3. The van der Waals surface area contributed by atoms with Crippen LogP contribution in [-0.2, 0) is 17.6 Å². The lowest BCUT2D eigenvalue weighted by Gasteiger charge is -2.24. The van der Waals surface area contributed by atoms with Gasteiger partial charge in [-0.1, -0.05) is 12.1 Å². The molecule has 2 aliphatic rings. The first-order valence-corrected chi connectivity index (χ1v) is 8.14. The molecular weight excluding hydrogens is 321 g/mol. The molecule has 132 valence electrons. The molecule has 1 fully saturated rings. The van der Waals surface area contributed by atoms with Crippen LogP contribution in [0.15, 0.2) is 18.2 Å². The van der Waals surface area contributed by atoms with Gasteiger partial charge < -0.3 is 9.64 Å². The summed E-state index contributed by atoms with van der Waals surface area (Å²) in [6.07, 6.45) is -2.22. The van der Waals surface area contributed by atoms with Crippen molar-refractivity contribution in [3.8, 4) is 5.75 Å². The highest BCUT2D eigenvalue weighted by Crippen LogP contribution is 2.26. The number of ether oxygens (including phenoxy) is 1. The Bertz CT molecular complexity index is 618. The SMILES string of the molecule is CN(CCc1ccc2c(c1)CCO2)[C@H]1CCN(CC(F)(F)F)C1=O. The molecule has 2 aliphatic heterocycles. The number of carbonyl (C=O) groups excluding carboxylic acids is 1. The van der Waals surface area contributed by atoms with Crippen molar-refractivity contribution in [2.24, 2.45) is 0 Å². The molecule has 1 saturated heterocycles. The van der Waals surface area contributed by atoms with Gasteiger partial charge in [0.05, 0.1) is 12.6 Å². The minimum Gasteiger partial charge on any atom is -0.493 e. The van der Waals surface area contributed by atoms with Crippen molar-refractivity contribution in [3.63, 3.8) is 0 Å².